The lowest BCUT2D eigenvalue weighted by molar-refractivity contribution is -0.131. The Kier molecular flexibility index (Phi) is 3.73. The Morgan fingerprint density at radius 1 is 1.29 bits per heavy atom. The van der Waals surface area contributed by atoms with Gasteiger partial charge < -0.3 is 4.74 Å². The molecule has 0 aliphatic heterocycles. The topological polar surface area (TPSA) is 26.3 Å². The first kappa shape index (κ1) is 11.6. The fourth-order valence-corrected chi connectivity index (χ4v) is 1.93. The summed E-state index contributed by atoms with van der Waals surface area (Å²) in [5, 5.41) is 5.08. The van der Waals surface area contributed by atoms with Gasteiger partial charge in [0.1, 0.15) is 5.75 Å². The van der Waals surface area contributed by atoms with Crippen LogP contribution >= 0.6 is 11.3 Å². The van der Waals surface area contributed by atoms with E-state index in [2.05, 4.69) is 5.38 Å². The van der Waals surface area contributed by atoms with E-state index in [-0.39, 0.29) is 5.97 Å². The van der Waals surface area contributed by atoms with Crippen molar-refractivity contribution in [3.05, 3.63) is 52.2 Å². The van der Waals surface area contributed by atoms with Crippen LogP contribution in [-0.4, -0.2) is 5.97 Å². The molecule has 0 spiro atoms. The summed E-state index contributed by atoms with van der Waals surface area (Å²) in [7, 11) is 0. The van der Waals surface area contributed by atoms with Crippen LogP contribution in [0.25, 0.3) is 12.2 Å². The van der Waals surface area contributed by atoms with Crippen LogP contribution in [0.3, 0.4) is 0 Å². The maximum Gasteiger partial charge on any atom is 0.308 e. The molecule has 2 nitrogen and oxygen atoms in total. The molecular formula is C14H11O2S. The van der Waals surface area contributed by atoms with Crippen LogP contribution in [0.5, 0.6) is 5.75 Å². The molecule has 0 aliphatic rings. The standard InChI is InChI=1S/C14H11O2S/c1-11(15)16-14-5-3-2-4-13(14)7-6-12-8-9-17-10-12/h2-9H,1H3/b7-6+. The van der Waals surface area contributed by atoms with Crippen molar-refractivity contribution in [2.75, 3.05) is 0 Å². The molecule has 3 heteroatoms. The second kappa shape index (κ2) is 5.46. The highest BCUT2D eigenvalue weighted by molar-refractivity contribution is 7.07. The first-order valence-corrected chi connectivity index (χ1v) is 6.04. The summed E-state index contributed by atoms with van der Waals surface area (Å²) in [6.45, 7) is 1.40. The van der Waals surface area contributed by atoms with Gasteiger partial charge in [-0.25, -0.2) is 0 Å². The van der Waals surface area contributed by atoms with E-state index < -0.39 is 0 Å². The van der Waals surface area contributed by atoms with Gasteiger partial charge in [0.2, 0.25) is 0 Å². The van der Waals surface area contributed by atoms with Gasteiger partial charge in [-0.15, -0.1) is 11.3 Å². The largest absolute Gasteiger partial charge is 0.426 e. The van der Waals surface area contributed by atoms with Gasteiger partial charge in [0.15, 0.2) is 0 Å². The fourth-order valence-electron chi connectivity index (χ4n) is 1.38. The Morgan fingerprint density at radius 2 is 2.12 bits per heavy atom. The van der Waals surface area contributed by atoms with Crippen LogP contribution in [0.15, 0.2) is 35.7 Å². The van der Waals surface area contributed by atoms with E-state index in [1.54, 1.807) is 6.07 Å². The number of ether oxygens (including phenoxy) is 1. The lowest BCUT2D eigenvalue weighted by Crippen LogP contribution is -2.02. The molecule has 1 aromatic carbocycles. The van der Waals surface area contributed by atoms with Crippen LogP contribution in [0.4, 0.5) is 0 Å². The summed E-state index contributed by atoms with van der Waals surface area (Å²) in [5.74, 6) is 0.263. The molecule has 0 amide bonds. The van der Waals surface area contributed by atoms with Gasteiger partial charge in [-0.05, 0) is 23.1 Å². The highest BCUT2D eigenvalue weighted by atomic mass is 32.1. The molecule has 0 aliphatic carbocycles. The predicted octanol–water partition coefficient (Wildman–Crippen LogP) is 3.64. The summed E-state index contributed by atoms with van der Waals surface area (Å²) < 4.78 is 5.12. The highest BCUT2D eigenvalue weighted by Gasteiger charge is 2.02. The SMILES string of the molecule is CC(=O)Oc1ccccc1/C=C/c1[c]scc1. The lowest BCUT2D eigenvalue weighted by atomic mass is 10.1. The monoisotopic (exact) mass is 243 g/mol. The minimum Gasteiger partial charge on any atom is -0.426 e. The van der Waals surface area contributed by atoms with E-state index in [1.807, 2.05) is 41.8 Å². The number of carbonyl (C=O) groups is 1. The van der Waals surface area contributed by atoms with E-state index in [0.717, 1.165) is 11.1 Å². The summed E-state index contributed by atoms with van der Waals surface area (Å²) in [5.41, 5.74) is 1.90. The minimum absolute atomic E-state index is 0.312. The van der Waals surface area contributed by atoms with Crippen molar-refractivity contribution in [2.45, 2.75) is 6.92 Å². The molecule has 0 bridgehead atoms. The molecular weight excluding hydrogens is 232 g/mol. The van der Waals surface area contributed by atoms with E-state index in [4.69, 9.17) is 4.74 Å². The molecule has 1 radical (unpaired) electrons. The number of rotatable bonds is 3. The van der Waals surface area contributed by atoms with Gasteiger partial charge in [0, 0.05) is 12.5 Å². The number of hydrogen-bond acceptors (Lipinski definition) is 3. The minimum atomic E-state index is -0.312. The van der Waals surface area contributed by atoms with Crippen LogP contribution in [0.2, 0.25) is 0 Å². The Bertz CT molecular complexity index is 527. The smallest absolute Gasteiger partial charge is 0.308 e. The number of esters is 1. The second-order valence-electron chi connectivity index (χ2n) is 3.44. The molecule has 1 aromatic heterocycles. The van der Waals surface area contributed by atoms with Crippen molar-refractivity contribution in [3.8, 4) is 5.75 Å². The quantitative estimate of drug-likeness (QED) is 0.607. The van der Waals surface area contributed by atoms with Gasteiger partial charge in [0.25, 0.3) is 0 Å². The van der Waals surface area contributed by atoms with Crippen molar-refractivity contribution in [3.63, 3.8) is 0 Å². The van der Waals surface area contributed by atoms with Gasteiger partial charge >= 0.3 is 5.97 Å². The Labute approximate surface area is 104 Å². The number of thiophene rings is 1. The van der Waals surface area contributed by atoms with Gasteiger partial charge in [-0.1, -0.05) is 30.4 Å². The average molecular weight is 243 g/mol. The zero-order valence-electron chi connectivity index (χ0n) is 9.34. The Balaban J connectivity index is 2.23. The van der Waals surface area contributed by atoms with Crippen LogP contribution in [-0.2, 0) is 4.79 Å². The van der Waals surface area contributed by atoms with Crippen molar-refractivity contribution in [1.29, 1.82) is 0 Å². The zero-order valence-corrected chi connectivity index (χ0v) is 10.2. The molecule has 2 aromatic rings. The number of hydrogen-bond donors (Lipinski definition) is 0. The van der Waals surface area contributed by atoms with Crippen LogP contribution in [0.1, 0.15) is 18.1 Å². The average Bonchev–Trinajstić information content (AvgIpc) is 2.80. The molecule has 2 rings (SSSR count). The molecule has 85 valence electrons. The molecule has 0 fully saturated rings. The van der Waals surface area contributed by atoms with Gasteiger partial charge in [0.05, 0.1) is 5.38 Å². The third-order valence-corrected chi connectivity index (χ3v) is 2.73. The molecule has 17 heavy (non-hydrogen) atoms. The van der Waals surface area contributed by atoms with E-state index in [0.29, 0.717) is 5.75 Å². The Hall–Kier alpha value is -1.87. The van der Waals surface area contributed by atoms with Crippen LogP contribution in [0, 0.1) is 5.38 Å². The molecule has 0 saturated carbocycles. The third-order valence-electron chi connectivity index (χ3n) is 2.11. The third kappa shape index (κ3) is 3.29. The van der Waals surface area contributed by atoms with E-state index in [9.17, 15) is 4.79 Å². The first-order chi connectivity index (χ1) is 8.25. The number of carbonyl (C=O) groups excluding carboxylic acids is 1. The van der Waals surface area contributed by atoms with Crippen LogP contribution < -0.4 is 4.74 Å². The van der Waals surface area contributed by atoms with E-state index in [1.165, 1.54) is 18.3 Å². The van der Waals surface area contributed by atoms with Gasteiger partial charge in [-0.2, -0.15) is 0 Å². The fraction of sp³-hybridized carbons (Fsp3) is 0.0714. The number of para-hydroxylation sites is 1. The summed E-state index contributed by atoms with van der Waals surface area (Å²) >= 11 is 1.53. The van der Waals surface area contributed by atoms with Crippen molar-refractivity contribution >= 4 is 29.5 Å². The van der Waals surface area contributed by atoms with Gasteiger partial charge in [-0.3, -0.25) is 4.79 Å². The number of benzene rings is 1. The zero-order chi connectivity index (χ0) is 12.1. The molecule has 0 N–H and O–H groups in total. The summed E-state index contributed by atoms with van der Waals surface area (Å²) in [4.78, 5) is 10.9. The van der Waals surface area contributed by atoms with Crippen molar-refractivity contribution in [2.24, 2.45) is 0 Å². The maximum atomic E-state index is 10.9. The molecule has 0 saturated heterocycles. The Morgan fingerprint density at radius 3 is 2.82 bits per heavy atom. The first-order valence-electron chi connectivity index (χ1n) is 5.16. The second-order valence-corrected chi connectivity index (χ2v) is 4.15. The summed E-state index contributed by atoms with van der Waals surface area (Å²) in [6, 6.07) is 9.41. The highest BCUT2D eigenvalue weighted by Crippen LogP contribution is 2.21. The molecule has 1 heterocycles. The van der Waals surface area contributed by atoms with Crippen molar-refractivity contribution < 1.29 is 9.53 Å². The lowest BCUT2D eigenvalue weighted by Gasteiger charge is -2.04. The predicted molar refractivity (Wildman–Crippen MR) is 69.8 cm³/mol. The van der Waals surface area contributed by atoms with Crippen molar-refractivity contribution in [1.82, 2.24) is 0 Å². The van der Waals surface area contributed by atoms with E-state index >= 15 is 0 Å². The molecule has 0 atom stereocenters. The maximum absolute atomic E-state index is 10.9. The summed E-state index contributed by atoms with van der Waals surface area (Å²) in [6.07, 6.45) is 3.86. The molecule has 0 unspecified atom stereocenters. The normalized spacial score (nSPS) is 10.6.